The molecule has 1 amide bonds. The summed E-state index contributed by atoms with van der Waals surface area (Å²) in [7, 11) is 0. The van der Waals surface area contributed by atoms with Crippen molar-refractivity contribution in [3.05, 3.63) is 52.2 Å². The van der Waals surface area contributed by atoms with E-state index in [0.717, 1.165) is 10.5 Å². The van der Waals surface area contributed by atoms with Crippen LogP contribution in [-0.2, 0) is 0 Å². The number of aliphatic hydroxyl groups is 1. The van der Waals surface area contributed by atoms with Crippen molar-refractivity contribution in [2.24, 2.45) is 0 Å². The van der Waals surface area contributed by atoms with Crippen LogP contribution in [0.1, 0.15) is 22.0 Å². The minimum Gasteiger partial charge on any atom is -0.387 e. The number of carbonyl (C=O) groups excluding carboxylic acids is 1. The van der Waals surface area contributed by atoms with E-state index in [1.807, 2.05) is 35.2 Å². The standard InChI is InChI=1S/C14H15NO2S2/c1-18-12-4-2-10(3-5-12)14(17)15-8-13(16)11-6-7-19-9-11/h2-7,9,13,16H,8H2,1H3,(H,15,17). The second-order valence-corrected chi connectivity index (χ2v) is 5.67. The first-order valence-corrected chi connectivity index (χ1v) is 8.00. The van der Waals surface area contributed by atoms with Gasteiger partial charge in [-0.15, -0.1) is 11.8 Å². The van der Waals surface area contributed by atoms with Gasteiger partial charge < -0.3 is 10.4 Å². The van der Waals surface area contributed by atoms with Crippen LogP contribution in [-0.4, -0.2) is 23.8 Å². The predicted molar refractivity (Wildman–Crippen MR) is 79.8 cm³/mol. The Kier molecular flexibility index (Phi) is 5.01. The van der Waals surface area contributed by atoms with E-state index in [1.165, 1.54) is 11.3 Å². The van der Waals surface area contributed by atoms with Gasteiger partial charge in [-0.25, -0.2) is 0 Å². The number of rotatable bonds is 5. The maximum atomic E-state index is 11.9. The van der Waals surface area contributed by atoms with E-state index in [4.69, 9.17) is 0 Å². The number of amides is 1. The lowest BCUT2D eigenvalue weighted by atomic mass is 10.2. The van der Waals surface area contributed by atoms with Crippen molar-refractivity contribution in [3.63, 3.8) is 0 Å². The third-order valence-electron chi connectivity index (χ3n) is 2.74. The van der Waals surface area contributed by atoms with Gasteiger partial charge in [-0.05, 0) is 52.9 Å². The van der Waals surface area contributed by atoms with E-state index < -0.39 is 6.10 Å². The molecule has 2 aromatic rings. The Labute approximate surface area is 120 Å². The lowest BCUT2D eigenvalue weighted by Crippen LogP contribution is -2.28. The summed E-state index contributed by atoms with van der Waals surface area (Å²) in [6, 6.07) is 9.26. The van der Waals surface area contributed by atoms with Crippen LogP contribution in [0.5, 0.6) is 0 Å². The summed E-state index contributed by atoms with van der Waals surface area (Å²) in [5, 5.41) is 16.4. The second kappa shape index (κ2) is 6.75. The van der Waals surface area contributed by atoms with Crippen LogP contribution in [0.25, 0.3) is 0 Å². The third kappa shape index (κ3) is 3.83. The molecule has 2 rings (SSSR count). The molecule has 0 aliphatic carbocycles. The highest BCUT2D eigenvalue weighted by atomic mass is 32.2. The SMILES string of the molecule is CSc1ccc(C(=O)NCC(O)c2ccsc2)cc1. The fraction of sp³-hybridized carbons (Fsp3) is 0.214. The lowest BCUT2D eigenvalue weighted by Gasteiger charge is -2.10. The molecule has 19 heavy (non-hydrogen) atoms. The topological polar surface area (TPSA) is 49.3 Å². The highest BCUT2D eigenvalue weighted by molar-refractivity contribution is 7.98. The molecule has 0 fully saturated rings. The largest absolute Gasteiger partial charge is 0.387 e. The zero-order chi connectivity index (χ0) is 13.7. The Hall–Kier alpha value is -1.30. The summed E-state index contributed by atoms with van der Waals surface area (Å²) in [5.74, 6) is -0.165. The quantitative estimate of drug-likeness (QED) is 0.833. The molecular weight excluding hydrogens is 278 g/mol. The summed E-state index contributed by atoms with van der Waals surface area (Å²) in [6.07, 6.45) is 1.34. The molecule has 3 nitrogen and oxygen atoms in total. The van der Waals surface area contributed by atoms with Crippen molar-refractivity contribution in [1.82, 2.24) is 5.32 Å². The van der Waals surface area contributed by atoms with Crippen LogP contribution in [0, 0.1) is 0 Å². The highest BCUT2D eigenvalue weighted by Gasteiger charge is 2.11. The average Bonchev–Trinajstić information content (AvgIpc) is 2.98. The Morgan fingerprint density at radius 1 is 1.37 bits per heavy atom. The molecule has 1 atom stereocenters. The zero-order valence-corrected chi connectivity index (χ0v) is 12.1. The second-order valence-electron chi connectivity index (χ2n) is 4.01. The minimum absolute atomic E-state index is 0.165. The fourth-order valence-electron chi connectivity index (χ4n) is 1.62. The van der Waals surface area contributed by atoms with E-state index in [9.17, 15) is 9.90 Å². The first kappa shape index (κ1) is 14.1. The highest BCUT2D eigenvalue weighted by Crippen LogP contribution is 2.16. The van der Waals surface area contributed by atoms with Crippen molar-refractivity contribution < 1.29 is 9.90 Å². The average molecular weight is 293 g/mol. The van der Waals surface area contributed by atoms with Crippen molar-refractivity contribution in [2.75, 3.05) is 12.8 Å². The molecule has 0 saturated heterocycles. The first-order valence-electron chi connectivity index (χ1n) is 5.83. The van der Waals surface area contributed by atoms with E-state index in [-0.39, 0.29) is 12.5 Å². The molecule has 1 heterocycles. The van der Waals surface area contributed by atoms with Gasteiger partial charge in [0.25, 0.3) is 5.91 Å². The van der Waals surface area contributed by atoms with Crippen LogP contribution >= 0.6 is 23.1 Å². The molecule has 0 bridgehead atoms. The molecule has 5 heteroatoms. The summed E-state index contributed by atoms with van der Waals surface area (Å²) in [4.78, 5) is 13.0. The van der Waals surface area contributed by atoms with E-state index >= 15 is 0 Å². The molecule has 0 aliphatic heterocycles. The normalized spacial score (nSPS) is 12.1. The molecular formula is C14H15NO2S2. The fourth-order valence-corrected chi connectivity index (χ4v) is 2.73. The molecule has 0 spiro atoms. The van der Waals surface area contributed by atoms with Crippen LogP contribution < -0.4 is 5.32 Å². The van der Waals surface area contributed by atoms with Crippen LogP contribution in [0.4, 0.5) is 0 Å². The van der Waals surface area contributed by atoms with Gasteiger partial charge in [-0.2, -0.15) is 11.3 Å². The van der Waals surface area contributed by atoms with Crippen LogP contribution in [0.15, 0.2) is 46.0 Å². The third-order valence-corrected chi connectivity index (χ3v) is 4.18. The number of aliphatic hydroxyl groups excluding tert-OH is 1. The number of hydrogen-bond donors (Lipinski definition) is 2. The maximum absolute atomic E-state index is 11.9. The van der Waals surface area contributed by atoms with Gasteiger partial charge in [0.05, 0.1) is 6.10 Å². The molecule has 100 valence electrons. The van der Waals surface area contributed by atoms with Crippen molar-refractivity contribution in [2.45, 2.75) is 11.0 Å². The monoisotopic (exact) mass is 293 g/mol. The molecule has 0 radical (unpaired) electrons. The number of carbonyl (C=O) groups is 1. The van der Waals surface area contributed by atoms with Crippen LogP contribution in [0.2, 0.25) is 0 Å². The molecule has 1 aromatic heterocycles. The number of hydrogen-bond acceptors (Lipinski definition) is 4. The lowest BCUT2D eigenvalue weighted by molar-refractivity contribution is 0.0916. The van der Waals surface area contributed by atoms with E-state index in [0.29, 0.717) is 5.56 Å². The maximum Gasteiger partial charge on any atom is 0.251 e. The molecule has 1 aromatic carbocycles. The molecule has 2 N–H and O–H groups in total. The van der Waals surface area contributed by atoms with Crippen molar-refractivity contribution in [1.29, 1.82) is 0 Å². The summed E-state index contributed by atoms with van der Waals surface area (Å²) in [6.45, 7) is 0.222. The Bertz CT molecular complexity index is 523. The zero-order valence-electron chi connectivity index (χ0n) is 10.5. The Morgan fingerprint density at radius 3 is 2.68 bits per heavy atom. The van der Waals surface area contributed by atoms with Gasteiger partial charge in [-0.3, -0.25) is 4.79 Å². The smallest absolute Gasteiger partial charge is 0.251 e. The molecule has 0 saturated carbocycles. The van der Waals surface area contributed by atoms with Crippen molar-refractivity contribution in [3.8, 4) is 0 Å². The number of thioether (sulfide) groups is 1. The van der Waals surface area contributed by atoms with Gasteiger partial charge >= 0.3 is 0 Å². The molecule has 1 unspecified atom stereocenters. The van der Waals surface area contributed by atoms with E-state index in [2.05, 4.69) is 5.32 Å². The summed E-state index contributed by atoms with van der Waals surface area (Å²) >= 11 is 3.16. The summed E-state index contributed by atoms with van der Waals surface area (Å²) < 4.78 is 0. The Balaban J connectivity index is 1.90. The number of thiophene rings is 1. The molecule has 0 aliphatic rings. The van der Waals surface area contributed by atoms with Gasteiger partial charge in [0.2, 0.25) is 0 Å². The minimum atomic E-state index is -0.652. The predicted octanol–water partition coefficient (Wildman–Crippen LogP) is 2.93. The van der Waals surface area contributed by atoms with Gasteiger partial charge in [0, 0.05) is 17.0 Å². The van der Waals surface area contributed by atoms with Gasteiger partial charge in [0.1, 0.15) is 0 Å². The first-order chi connectivity index (χ1) is 9.20. The van der Waals surface area contributed by atoms with Crippen LogP contribution in [0.3, 0.4) is 0 Å². The summed E-state index contributed by atoms with van der Waals surface area (Å²) in [5.41, 5.74) is 1.44. The van der Waals surface area contributed by atoms with Gasteiger partial charge in [0.15, 0.2) is 0 Å². The number of benzene rings is 1. The van der Waals surface area contributed by atoms with Gasteiger partial charge in [-0.1, -0.05) is 0 Å². The van der Waals surface area contributed by atoms with Crippen molar-refractivity contribution >= 4 is 29.0 Å². The van der Waals surface area contributed by atoms with E-state index in [1.54, 1.807) is 23.9 Å². The number of nitrogens with one attached hydrogen (secondary N) is 1. The Morgan fingerprint density at radius 2 is 2.11 bits per heavy atom.